The molecule has 3 rings (SSSR count). The van der Waals surface area contributed by atoms with Crippen LogP contribution in [0.2, 0.25) is 0 Å². The predicted octanol–water partition coefficient (Wildman–Crippen LogP) is 4.14. The van der Waals surface area contributed by atoms with E-state index in [0.29, 0.717) is 6.54 Å². The molecule has 1 heterocycles. The second-order valence-corrected chi connectivity index (χ2v) is 6.49. The Kier molecular flexibility index (Phi) is 9.26. The van der Waals surface area contributed by atoms with Crippen molar-refractivity contribution in [3.8, 4) is 0 Å². The minimum Gasteiger partial charge on any atom is -0.329 e. The molecule has 1 aromatic heterocycles. The maximum atomic E-state index is 5.77. The number of aromatic nitrogens is 1. The summed E-state index contributed by atoms with van der Waals surface area (Å²) >= 11 is 1.78. The molecule has 0 saturated carbocycles. The molecule has 6 heteroatoms. The van der Waals surface area contributed by atoms with Crippen molar-refractivity contribution in [3.05, 3.63) is 65.2 Å². The second-order valence-electron chi connectivity index (χ2n) is 5.38. The van der Waals surface area contributed by atoms with Crippen LogP contribution in [0, 0.1) is 0 Å². The molecule has 130 valence electrons. The van der Waals surface area contributed by atoms with Crippen LogP contribution >= 0.6 is 36.2 Å². The molecule has 3 nitrogen and oxygen atoms in total. The van der Waals surface area contributed by atoms with Gasteiger partial charge in [0.1, 0.15) is 5.01 Å². The van der Waals surface area contributed by atoms with Gasteiger partial charge in [-0.3, -0.25) is 4.90 Å². The van der Waals surface area contributed by atoms with Gasteiger partial charge in [0, 0.05) is 19.6 Å². The van der Waals surface area contributed by atoms with E-state index in [1.54, 1.807) is 11.3 Å². The van der Waals surface area contributed by atoms with Crippen LogP contribution in [0.4, 0.5) is 0 Å². The Labute approximate surface area is 159 Å². The van der Waals surface area contributed by atoms with Crippen LogP contribution < -0.4 is 5.73 Å². The number of nitrogens with two attached hydrogens (primary N) is 1. The van der Waals surface area contributed by atoms with Crippen molar-refractivity contribution in [2.45, 2.75) is 13.0 Å². The molecule has 0 bridgehead atoms. The lowest BCUT2D eigenvalue weighted by Crippen LogP contribution is -2.31. The molecule has 0 aliphatic carbocycles. The Morgan fingerprint density at radius 3 is 2.33 bits per heavy atom. The van der Waals surface area contributed by atoms with E-state index >= 15 is 0 Å². The molecule has 2 N–H and O–H groups in total. The number of hydrogen-bond donors (Lipinski definition) is 1. The highest BCUT2D eigenvalue weighted by Crippen LogP contribution is 2.22. The van der Waals surface area contributed by atoms with Gasteiger partial charge >= 0.3 is 0 Å². The Morgan fingerprint density at radius 2 is 1.62 bits per heavy atom. The lowest BCUT2D eigenvalue weighted by molar-refractivity contribution is 0.276. The van der Waals surface area contributed by atoms with Gasteiger partial charge < -0.3 is 5.73 Å². The van der Waals surface area contributed by atoms with E-state index in [9.17, 15) is 0 Å². The predicted molar refractivity (Wildman–Crippen MR) is 109 cm³/mol. The zero-order valence-corrected chi connectivity index (χ0v) is 15.9. The molecular formula is C18H23Cl2N3S. The maximum absolute atomic E-state index is 5.77. The van der Waals surface area contributed by atoms with Gasteiger partial charge in [-0.1, -0.05) is 42.5 Å². The quantitative estimate of drug-likeness (QED) is 0.666. The number of fused-ring (bicyclic) bond motifs is 1. The summed E-state index contributed by atoms with van der Waals surface area (Å²) in [5.74, 6) is 0. The second kappa shape index (κ2) is 10.6. The molecule has 0 amide bonds. The van der Waals surface area contributed by atoms with Gasteiger partial charge in [-0.15, -0.1) is 36.2 Å². The summed E-state index contributed by atoms with van der Waals surface area (Å²) in [6.07, 6.45) is 1.05. The van der Waals surface area contributed by atoms with Crippen molar-refractivity contribution in [1.82, 2.24) is 9.88 Å². The van der Waals surface area contributed by atoms with Crippen molar-refractivity contribution in [2.75, 3.05) is 19.6 Å². The highest BCUT2D eigenvalue weighted by Gasteiger charge is 2.09. The zero-order chi connectivity index (χ0) is 15.2. The summed E-state index contributed by atoms with van der Waals surface area (Å²) in [7, 11) is 0. The van der Waals surface area contributed by atoms with Crippen molar-refractivity contribution in [2.24, 2.45) is 5.73 Å². The third-order valence-corrected chi connectivity index (χ3v) is 4.72. The molecule has 2 aromatic carbocycles. The third-order valence-electron chi connectivity index (χ3n) is 3.70. The minimum atomic E-state index is 0. The summed E-state index contributed by atoms with van der Waals surface area (Å²) in [6, 6.07) is 18.9. The molecule has 0 radical (unpaired) electrons. The molecule has 0 unspecified atom stereocenters. The van der Waals surface area contributed by atoms with Crippen LogP contribution in [0.3, 0.4) is 0 Å². The number of halogens is 2. The van der Waals surface area contributed by atoms with Gasteiger partial charge in [-0.05, 0) is 24.1 Å². The standard InChI is InChI=1S/C18H21N3S.2ClH/c19-11-13-21(12-10-15-6-2-1-3-7-15)14-18-20-16-8-4-5-9-17(16)22-18;;/h1-9H,10-14,19H2;2*1H. The molecule has 3 aromatic rings. The first-order valence-corrected chi connectivity index (χ1v) is 8.47. The van der Waals surface area contributed by atoms with Crippen LogP contribution in [0.15, 0.2) is 54.6 Å². The summed E-state index contributed by atoms with van der Waals surface area (Å²) < 4.78 is 1.26. The Bertz CT molecular complexity index is 685. The summed E-state index contributed by atoms with van der Waals surface area (Å²) in [4.78, 5) is 7.12. The van der Waals surface area contributed by atoms with Crippen LogP contribution in [0.25, 0.3) is 10.2 Å². The van der Waals surface area contributed by atoms with Crippen molar-refractivity contribution in [3.63, 3.8) is 0 Å². The lowest BCUT2D eigenvalue weighted by atomic mass is 10.1. The van der Waals surface area contributed by atoms with Crippen LogP contribution in [0.5, 0.6) is 0 Å². The number of para-hydroxylation sites is 1. The van der Waals surface area contributed by atoms with Crippen LogP contribution in [-0.4, -0.2) is 29.5 Å². The van der Waals surface area contributed by atoms with E-state index in [-0.39, 0.29) is 24.8 Å². The SMILES string of the molecule is Cl.Cl.NCCN(CCc1ccccc1)Cc1nc2ccccc2s1. The van der Waals surface area contributed by atoms with Crippen molar-refractivity contribution >= 4 is 46.4 Å². The topological polar surface area (TPSA) is 42.1 Å². The van der Waals surface area contributed by atoms with E-state index in [1.807, 2.05) is 6.07 Å². The van der Waals surface area contributed by atoms with Gasteiger partial charge in [-0.25, -0.2) is 4.98 Å². The normalized spacial score (nSPS) is 10.4. The van der Waals surface area contributed by atoms with Gasteiger partial charge in [-0.2, -0.15) is 0 Å². The smallest absolute Gasteiger partial charge is 0.108 e. The van der Waals surface area contributed by atoms with E-state index in [0.717, 1.165) is 31.6 Å². The first-order chi connectivity index (χ1) is 10.8. The third kappa shape index (κ3) is 5.72. The van der Waals surface area contributed by atoms with E-state index < -0.39 is 0 Å². The highest BCUT2D eigenvalue weighted by molar-refractivity contribution is 7.18. The largest absolute Gasteiger partial charge is 0.329 e. The van der Waals surface area contributed by atoms with E-state index in [4.69, 9.17) is 10.7 Å². The minimum absolute atomic E-state index is 0. The van der Waals surface area contributed by atoms with Gasteiger partial charge in [0.05, 0.1) is 16.8 Å². The number of rotatable bonds is 7. The molecular weight excluding hydrogens is 361 g/mol. The Hall–Kier alpha value is -1.17. The number of hydrogen-bond acceptors (Lipinski definition) is 4. The molecule has 0 spiro atoms. The molecule has 0 fully saturated rings. The molecule has 0 aliphatic rings. The van der Waals surface area contributed by atoms with Crippen molar-refractivity contribution < 1.29 is 0 Å². The Morgan fingerprint density at radius 1 is 0.917 bits per heavy atom. The summed E-state index contributed by atoms with van der Waals surface area (Å²) in [6.45, 7) is 3.48. The van der Waals surface area contributed by atoms with Crippen molar-refractivity contribution in [1.29, 1.82) is 0 Å². The average Bonchev–Trinajstić information content (AvgIpc) is 2.96. The number of benzene rings is 2. The lowest BCUT2D eigenvalue weighted by Gasteiger charge is -2.20. The number of thiazole rings is 1. The zero-order valence-electron chi connectivity index (χ0n) is 13.4. The van der Waals surface area contributed by atoms with Gasteiger partial charge in [0.15, 0.2) is 0 Å². The fourth-order valence-electron chi connectivity index (χ4n) is 2.56. The molecule has 0 aliphatic heterocycles. The van der Waals surface area contributed by atoms with Crippen LogP contribution in [-0.2, 0) is 13.0 Å². The average molecular weight is 384 g/mol. The fraction of sp³-hybridized carbons (Fsp3) is 0.278. The highest BCUT2D eigenvalue weighted by atomic mass is 35.5. The van der Waals surface area contributed by atoms with Gasteiger partial charge in [0.25, 0.3) is 0 Å². The molecule has 24 heavy (non-hydrogen) atoms. The van der Waals surface area contributed by atoms with E-state index in [1.165, 1.54) is 15.3 Å². The maximum Gasteiger partial charge on any atom is 0.108 e. The Balaban J connectivity index is 0.00000144. The monoisotopic (exact) mass is 383 g/mol. The van der Waals surface area contributed by atoms with E-state index in [2.05, 4.69) is 53.4 Å². The number of nitrogens with zero attached hydrogens (tertiary/aromatic N) is 2. The first-order valence-electron chi connectivity index (χ1n) is 7.66. The molecule has 0 atom stereocenters. The van der Waals surface area contributed by atoms with Gasteiger partial charge in [0.2, 0.25) is 0 Å². The summed E-state index contributed by atoms with van der Waals surface area (Å²) in [5, 5.41) is 1.17. The summed E-state index contributed by atoms with van der Waals surface area (Å²) in [5.41, 5.74) is 8.23. The fourth-order valence-corrected chi connectivity index (χ4v) is 3.57. The van der Waals surface area contributed by atoms with Crippen LogP contribution in [0.1, 0.15) is 10.6 Å². The molecule has 0 saturated heterocycles. The first kappa shape index (κ1) is 20.9.